The number of nitrogen functional groups attached to an aromatic ring is 1. The van der Waals surface area contributed by atoms with Crippen molar-refractivity contribution < 1.29 is 0 Å². The summed E-state index contributed by atoms with van der Waals surface area (Å²) in [5.74, 6) is 0.503. The summed E-state index contributed by atoms with van der Waals surface area (Å²) in [7, 11) is 0. The number of hydrogen-bond donors (Lipinski definition) is 2. The number of fused-ring (bicyclic) bond motifs is 1. The van der Waals surface area contributed by atoms with Gasteiger partial charge in [-0.2, -0.15) is 5.10 Å². The Morgan fingerprint density at radius 2 is 1.94 bits per heavy atom. The molecule has 0 spiro atoms. The molecule has 3 rings (SSSR count). The predicted molar refractivity (Wildman–Crippen MR) is 77.9 cm³/mol. The van der Waals surface area contributed by atoms with Gasteiger partial charge in [0, 0.05) is 6.04 Å². The first kappa shape index (κ1) is 12.1. The molecule has 2 aromatic heterocycles. The molecular formula is C11H15IN6. The molecule has 0 saturated heterocycles. The third kappa shape index (κ3) is 1.95. The van der Waals surface area contributed by atoms with Crippen LogP contribution in [0.25, 0.3) is 11.0 Å². The van der Waals surface area contributed by atoms with E-state index in [0.29, 0.717) is 17.9 Å². The summed E-state index contributed by atoms with van der Waals surface area (Å²) in [5.41, 5.74) is 12.7. The molecule has 96 valence electrons. The van der Waals surface area contributed by atoms with Crippen LogP contribution in [0.3, 0.4) is 0 Å². The van der Waals surface area contributed by atoms with Crippen LogP contribution in [0.15, 0.2) is 6.33 Å². The van der Waals surface area contributed by atoms with Crippen LogP contribution in [0, 0.1) is 3.70 Å². The predicted octanol–water partition coefficient (Wildman–Crippen LogP) is 1.46. The van der Waals surface area contributed by atoms with Gasteiger partial charge in [-0.1, -0.05) is 0 Å². The first-order valence-electron chi connectivity index (χ1n) is 6.06. The molecular weight excluding hydrogens is 343 g/mol. The van der Waals surface area contributed by atoms with Crippen LogP contribution in [-0.2, 0) is 0 Å². The molecule has 7 heteroatoms. The number of nitrogens with zero attached hydrogens (tertiary/aromatic N) is 4. The average molecular weight is 358 g/mol. The molecule has 4 N–H and O–H groups in total. The lowest BCUT2D eigenvalue weighted by Gasteiger charge is -2.26. The topological polar surface area (TPSA) is 95.6 Å². The van der Waals surface area contributed by atoms with Gasteiger partial charge in [-0.05, 0) is 48.3 Å². The Kier molecular flexibility index (Phi) is 3.10. The Hall–Kier alpha value is -0.960. The summed E-state index contributed by atoms with van der Waals surface area (Å²) in [6.07, 6.45) is 5.70. The van der Waals surface area contributed by atoms with Crippen molar-refractivity contribution in [2.24, 2.45) is 5.73 Å². The quantitative estimate of drug-likeness (QED) is 0.753. The Morgan fingerprint density at radius 1 is 1.22 bits per heavy atom. The fourth-order valence-electron chi connectivity index (χ4n) is 2.55. The van der Waals surface area contributed by atoms with Crippen LogP contribution in [0.2, 0.25) is 0 Å². The number of nitrogens with two attached hydrogens (primary N) is 2. The molecule has 1 saturated carbocycles. The summed E-state index contributed by atoms with van der Waals surface area (Å²) in [6, 6.07) is 0.715. The van der Waals surface area contributed by atoms with Crippen LogP contribution in [0.1, 0.15) is 31.7 Å². The number of halogens is 1. The van der Waals surface area contributed by atoms with Crippen LogP contribution < -0.4 is 11.5 Å². The number of anilines is 1. The third-order valence-corrected chi connectivity index (χ3v) is 4.32. The maximum atomic E-state index is 5.94. The van der Waals surface area contributed by atoms with Crippen molar-refractivity contribution in [3.8, 4) is 0 Å². The van der Waals surface area contributed by atoms with Crippen LogP contribution in [0.5, 0.6) is 0 Å². The Balaban J connectivity index is 2.05. The van der Waals surface area contributed by atoms with Crippen molar-refractivity contribution in [2.75, 3.05) is 5.73 Å². The molecule has 0 bridgehead atoms. The van der Waals surface area contributed by atoms with Crippen molar-refractivity contribution in [1.29, 1.82) is 0 Å². The maximum absolute atomic E-state index is 5.94. The summed E-state index contributed by atoms with van der Waals surface area (Å²) >= 11 is 2.19. The molecule has 6 nitrogen and oxygen atoms in total. The summed E-state index contributed by atoms with van der Waals surface area (Å²) in [5, 5.41) is 5.45. The molecule has 1 fully saturated rings. The lowest BCUT2D eigenvalue weighted by atomic mass is 9.92. The van der Waals surface area contributed by atoms with Gasteiger partial charge in [0.05, 0.1) is 11.4 Å². The zero-order valence-electron chi connectivity index (χ0n) is 9.88. The smallest absolute Gasteiger partial charge is 0.164 e. The van der Waals surface area contributed by atoms with Gasteiger partial charge in [-0.3, -0.25) is 0 Å². The highest BCUT2D eigenvalue weighted by Crippen LogP contribution is 2.32. The van der Waals surface area contributed by atoms with Crippen molar-refractivity contribution >= 4 is 39.4 Å². The standard InChI is InChI=1S/C11H15IN6/c12-9-8-10(14)15-5-16-11(8)18(17-9)7-3-1-6(13)2-4-7/h5-7H,1-4,13H2,(H2,14,15,16). The normalized spacial score (nSPS) is 24.6. The van der Waals surface area contributed by atoms with E-state index in [1.165, 1.54) is 6.33 Å². The van der Waals surface area contributed by atoms with E-state index in [-0.39, 0.29) is 0 Å². The molecule has 0 aromatic carbocycles. The maximum Gasteiger partial charge on any atom is 0.164 e. The Morgan fingerprint density at radius 3 is 2.67 bits per heavy atom. The lowest BCUT2D eigenvalue weighted by molar-refractivity contribution is 0.309. The van der Waals surface area contributed by atoms with E-state index in [1.807, 2.05) is 4.68 Å². The van der Waals surface area contributed by atoms with Gasteiger partial charge in [-0.15, -0.1) is 0 Å². The number of hydrogen-bond acceptors (Lipinski definition) is 5. The molecule has 0 atom stereocenters. The van der Waals surface area contributed by atoms with E-state index >= 15 is 0 Å². The number of rotatable bonds is 1. The first-order valence-corrected chi connectivity index (χ1v) is 7.14. The summed E-state index contributed by atoms with van der Waals surface area (Å²) in [4.78, 5) is 8.36. The minimum atomic E-state index is 0.335. The van der Waals surface area contributed by atoms with Gasteiger partial charge in [0.1, 0.15) is 15.8 Å². The molecule has 1 aliphatic rings. The fraction of sp³-hybridized carbons (Fsp3) is 0.545. The molecule has 1 aliphatic carbocycles. The minimum absolute atomic E-state index is 0.335. The van der Waals surface area contributed by atoms with Gasteiger partial charge < -0.3 is 11.5 Å². The fourth-order valence-corrected chi connectivity index (χ4v) is 3.30. The second-order valence-corrected chi connectivity index (χ2v) is 5.78. The Bertz CT molecular complexity index is 572. The van der Waals surface area contributed by atoms with Crippen LogP contribution in [-0.4, -0.2) is 25.8 Å². The van der Waals surface area contributed by atoms with E-state index in [1.54, 1.807) is 0 Å². The van der Waals surface area contributed by atoms with E-state index in [0.717, 1.165) is 40.4 Å². The highest BCUT2D eigenvalue weighted by molar-refractivity contribution is 14.1. The average Bonchev–Trinajstić information content (AvgIpc) is 2.69. The van der Waals surface area contributed by atoms with Gasteiger partial charge >= 0.3 is 0 Å². The van der Waals surface area contributed by atoms with E-state index in [2.05, 4.69) is 37.7 Å². The molecule has 2 aromatic rings. The summed E-state index contributed by atoms with van der Waals surface area (Å²) in [6.45, 7) is 0. The largest absolute Gasteiger partial charge is 0.383 e. The Labute approximate surface area is 118 Å². The van der Waals surface area contributed by atoms with E-state index < -0.39 is 0 Å². The molecule has 0 amide bonds. The monoisotopic (exact) mass is 358 g/mol. The lowest BCUT2D eigenvalue weighted by Crippen LogP contribution is -2.28. The molecule has 18 heavy (non-hydrogen) atoms. The highest BCUT2D eigenvalue weighted by atomic mass is 127. The zero-order valence-corrected chi connectivity index (χ0v) is 12.0. The molecule has 2 heterocycles. The highest BCUT2D eigenvalue weighted by Gasteiger charge is 2.24. The molecule has 0 unspecified atom stereocenters. The molecule has 0 radical (unpaired) electrons. The minimum Gasteiger partial charge on any atom is -0.383 e. The van der Waals surface area contributed by atoms with Crippen molar-refractivity contribution in [3.05, 3.63) is 10.0 Å². The number of aromatic nitrogens is 4. The second kappa shape index (κ2) is 4.61. The van der Waals surface area contributed by atoms with Crippen molar-refractivity contribution in [1.82, 2.24) is 19.7 Å². The van der Waals surface area contributed by atoms with Gasteiger partial charge in [0.2, 0.25) is 0 Å². The third-order valence-electron chi connectivity index (χ3n) is 3.56. The molecule has 0 aliphatic heterocycles. The second-order valence-electron chi connectivity index (χ2n) is 4.76. The van der Waals surface area contributed by atoms with Crippen molar-refractivity contribution in [3.63, 3.8) is 0 Å². The SMILES string of the molecule is Nc1ncnc2c1c(I)nn2C1CCC(N)CC1. The first-order chi connectivity index (χ1) is 8.66. The van der Waals surface area contributed by atoms with E-state index in [4.69, 9.17) is 11.5 Å². The van der Waals surface area contributed by atoms with Gasteiger partial charge in [-0.25, -0.2) is 14.6 Å². The van der Waals surface area contributed by atoms with Crippen LogP contribution in [0.4, 0.5) is 5.82 Å². The van der Waals surface area contributed by atoms with Gasteiger partial charge in [0.25, 0.3) is 0 Å². The van der Waals surface area contributed by atoms with E-state index in [9.17, 15) is 0 Å². The summed E-state index contributed by atoms with van der Waals surface area (Å²) < 4.78 is 2.87. The zero-order chi connectivity index (χ0) is 12.7. The van der Waals surface area contributed by atoms with Crippen LogP contribution >= 0.6 is 22.6 Å². The van der Waals surface area contributed by atoms with Gasteiger partial charge in [0.15, 0.2) is 5.65 Å². The van der Waals surface area contributed by atoms with Crippen molar-refractivity contribution in [2.45, 2.75) is 37.8 Å².